The summed E-state index contributed by atoms with van der Waals surface area (Å²) < 4.78 is 5.41. The first kappa shape index (κ1) is 6.99. The highest BCUT2D eigenvalue weighted by atomic mass is 35.5. The summed E-state index contributed by atoms with van der Waals surface area (Å²) >= 11 is 5.83. The highest BCUT2D eigenvalue weighted by molar-refractivity contribution is 6.30. The Morgan fingerprint density at radius 1 is 1.55 bits per heavy atom. The van der Waals surface area contributed by atoms with Crippen LogP contribution in [0.2, 0.25) is 5.02 Å². The Balaban J connectivity index is 2.52. The topological polar surface area (TPSA) is 9.23 Å². The number of hydrogen-bond acceptors (Lipinski definition) is 1. The SMILES string of the molecule is C[C@@H]1COc2ccc(Cl)cc21. The first-order valence-corrected chi connectivity index (χ1v) is 4.07. The van der Waals surface area contributed by atoms with Crippen LogP contribution in [0.1, 0.15) is 18.4 Å². The molecule has 2 rings (SSSR count). The first-order chi connectivity index (χ1) is 5.27. The Kier molecular flexibility index (Phi) is 1.53. The lowest BCUT2D eigenvalue weighted by molar-refractivity contribution is 0.337. The second-order valence-electron chi connectivity index (χ2n) is 2.89. The van der Waals surface area contributed by atoms with E-state index in [1.165, 1.54) is 5.56 Å². The van der Waals surface area contributed by atoms with Crippen molar-refractivity contribution in [3.63, 3.8) is 0 Å². The quantitative estimate of drug-likeness (QED) is 0.579. The van der Waals surface area contributed by atoms with Crippen LogP contribution in [0.3, 0.4) is 0 Å². The molecule has 0 unspecified atom stereocenters. The molecule has 1 atom stereocenters. The molecule has 0 saturated heterocycles. The third-order valence-corrected chi connectivity index (χ3v) is 2.23. The van der Waals surface area contributed by atoms with Crippen LogP contribution in [0, 0.1) is 0 Å². The lowest BCUT2D eigenvalue weighted by atomic mass is 10.0. The molecule has 1 aromatic rings. The molecule has 0 aromatic heterocycles. The molecular weight excluding hydrogens is 160 g/mol. The van der Waals surface area contributed by atoms with Gasteiger partial charge in [-0.2, -0.15) is 0 Å². The fraction of sp³-hybridized carbons (Fsp3) is 0.333. The van der Waals surface area contributed by atoms with E-state index in [0.29, 0.717) is 5.92 Å². The molecule has 0 bridgehead atoms. The normalized spacial score (nSPS) is 21.1. The van der Waals surface area contributed by atoms with Gasteiger partial charge in [0, 0.05) is 16.5 Å². The maximum Gasteiger partial charge on any atom is 0.123 e. The van der Waals surface area contributed by atoms with E-state index in [1.54, 1.807) is 0 Å². The molecule has 58 valence electrons. The molecule has 0 aliphatic carbocycles. The lowest BCUT2D eigenvalue weighted by Crippen LogP contribution is -1.93. The smallest absolute Gasteiger partial charge is 0.123 e. The standard InChI is InChI=1S/C9H9ClO/c1-6-5-11-9-3-2-7(10)4-8(6)9/h2-4,6H,5H2,1H3/t6-/m1/s1. The van der Waals surface area contributed by atoms with Crippen molar-refractivity contribution in [2.75, 3.05) is 6.61 Å². The van der Waals surface area contributed by atoms with Gasteiger partial charge in [-0.3, -0.25) is 0 Å². The van der Waals surface area contributed by atoms with E-state index in [1.807, 2.05) is 18.2 Å². The highest BCUT2D eigenvalue weighted by Gasteiger charge is 2.19. The van der Waals surface area contributed by atoms with Gasteiger partial charge in [0.15, 0.2) is 0 Å². The van der Waals surface area contributed by atoms with Crippen molar-refractivity contribution in [1.29, 1.82) is 0 Å². The summed E-state index contributed by atoms with van der Waals surface area (Å²) in [7, 11) is 0. The summed E-state index contributed by atoms with van der Waals surface area (Å²) in [5.74, 6) is 1.48. The van der Waals surface area contributed by atoms with Crippen molar-refractivity contribution in [3.05, 3.63) is 28.8 Å². The minimum Gasteiger partial charge on any atom is -0.493 e. The summed E-state index contributed by atoms with van der Waals surface area (Å²) in [5.41, 5.74) is 1.23. The molecule has 0 amide bonds. The predicted molar refractivity (Wildman–Crippen MR) is 45.4 cm³/mol. The van der Waals surface area contributed by atoms with Crippen molar-refractivity contribution >= 4 is 11.6 Å². The maximum atomic E-state index is 5.83. The van der Waals surface area contributed by atoms with Crippen LogP contribution >= 0.6 is 11.6 Å². The molecule has 0 spiro atoms. The summed E-state index contributed by atoms with van der Waals surface area (Å²) in [6.07, 6.45) is 0. The van der Waals surface area contributed by atoms with Crippen molar-refractivity contribution in [2.45, 2.75) is 12.8 Å². The van der Waals surface area contributed by atoms with E-state index < -0.39 is 0 Å². The zero-order valence-electron chi connectivity index (χ0n) is 6.30. The fourth-order valence-electron chi connectivity index (χ4n) is 1.34. The van der Waals surface area contributed by atoms with Gasteiger partial charge in [0.1, 0.15) is 5.75 Å². The molecule has 0 fully saturated rings. The molecule has 0 N–H and O–H groups in total. The average molecular weight is 169 g/mol. The summed E-state index contributed by atoms with van der Waals surface area (Å²) in [6, 6.07) is 5.77. The Hall–Kier alpha value is -0.690. The molecular formula is C9H9ClO. The van der Waals surface area contributed by atoms with Gasteiger partial charge in [0.05, 0.1) is 6.61 Å². The van der Waals surface area contributed by atoms with E-state index in [2.05, 4.69) is 6.92 Å². The van der Waals surface area contributed by atoms with Gasteiger partial charge in [-0.1, -0.05) is 18.5 Å². The molecule has 1 nitrogen and oxygen atoms in total. The molecule has 1 aliphatic heterocycles. The van der Waals surface area contributed by atoms with Crippen molar-refractivity contribution < 1.29 is 4.74 Å². The van der Waals surface area contributed by atoms with Crippen LogP contribution in [0.25, 0.3) is 0 Å². The molecule has 2 heteroatoms. The fourth-order valence-corrected chi connectivity index (χ4v) is 1.52. The third kappa shape index (κ3) is 1.10. The average Bonchev–Trinajstić information content (AvgIpc) is 2.33. The molecule has 1 aliphatic rings. The molecule has 1 aromatic carbocycles. The van der Waals surface area contributed by atoms with Crippen LogP contribution in [-0.4, -0.2) is 6.61 Å². The second kappa shape index (κ2) is 2.42. The molecule has 1 heterocycles. The van der Waals surface area contributed by atoms with E-state index >= 15 is 0 Å². The van der Waals surface area contributed by atoms with E-state index in [4.69, 9.17) is 16.3 Å². The van der Waals surface area contributed by atoms with Crippen molar-refractivity contribution in [3.8, 4) is 5.75 Å². The zero-order chi connectivity index (χ0) is 7.84. The molecule has 11 heavy (non-hydrogen) atoms. The predicted octanol–water partition coefficient (Wildman–Crippen LogP) is 2.84. The maximum absolute atomic E-state index is 5.83. The van der Waals surface area contributed by atoms with Crippen LogP contribution in [0.15, 0.2) is 18.2 Å². The van der Waals surface area contributed by atoms with E-state index in [-0.39, 0.29) is 0 Å². The number of fused-ring (bicyclic) bond motifs is 1. The number of ether oxygens (including phenoxy) is 1. The van der Waals surface area contributed by atoms with E-state index in [9.17, 15) is 0 Å². The number of rotatable bonds is 0. The van der Waals surface area contributed by atoms with Crippen LogP contribution in [-0.2, 0) is 0 Å². The molecule has 0 radical (unpaired) electrons. The van der Waals surface area contributed by atoms with Gasteiger partial charge < -0.3 is 4.74 Å². The lowest BCUT2D eigenvalue weighted by Gasteiger charge is -1.99. The number of hydrogen-bond donors (Lipinski definition) is 0. The minimum absolute atomic E-state index is 0.490. The van der Waals surface area contributed by atoms with Gasteiger partial charge in [-0.25, -0.2) is 0 Å². The van der Waals surface area contributed by atoms with Gasteiger partial charge >= 0.3 is 0 Å². The Morgan fingerprint density at radius 3 is 3.18 bits per heavy atom. The minimum atomic E-state index is 0.490. The number of benzene rings is 1. The largest absolute Gasteiger partial charge is 0.493 e. The molecule has 0 saturated carbocycles. The monoisotopic (exact) mass is 168 g/mol. The summed E-state index contributed by atoms with van der Waals surface area (Å²) in [5, 5.41) is 0.793. The second-order valence-corrected chi connectivity index (χ2v) is 3.33. The van der Waals surface area contributed by atoms with Crippen LogP contribution in [0.4, 0.5) is 0 Å². The van der Waals surface area contributed by atoms with Gasteiger partial charge in [-0.05, 0) is 18.2 Å². The van der Waals surface area contributed by atoms with E-state index in [0.717, 1.165) is 17.4 Å². The Morgan fingerprint density at radius 2 is 2.36 bits per heavy atom. The first-order valence-electron chi connectivity index (χ1n) is 3.69. The van der Waals surface area contributed by atoms with Gasteiger partial charge in [0.2, 0.25) is 0 Å². The van der Waals surface area contributed by atoms with Gasteiger partial charge in [-0.15, -0.1) is 0 Å². The Labute approximate surface area is 70.9 Å². The van der Waals surface area contributed by atoms with Crippen LogP contribution < -0.4 is 4.74 Å². The summed E-state index contributed by atoms with van der Waals surface area (Å²) in [4.78, 5) is 0. The van der Waals surface area contributed by atoms with Gasteiger partial charge in [0.25, 0.3) is 0 Å². The van der Waals surface area contributed by atoms with Crippen LogP contribution in [0.5, 0.6) is 5.75 Å². The van der Waals surface area contributed by atoms with Crippen molar-refractivity contribution in [2.24, 2.45) is 0 Å². The highest BCUT2D eigenvalue weighted by Crippen LogP contribution is 2.34. The Bertz CT molecular complexity index is 283. The third-order valence-electron chi connectivity index (χ3n) is 1.99. The summed E-state index contributed by atoms with van der Waals surface area (Å²) in [6.45, 7) is 2.93. The zero-order valence-corrected chi connectivity index (χ0v) is 7.06. The van der Waals surface area contributed by atoms with Crippen molar-refractivity contribution in [1.82, 2.24) is 0 Å². The number of halogens is 1.